The first kappa shape index (κ1) is 76.6. The molecule has 9 nitrogen and oxygen atoms in total. The zero-order valence-electron chi connectivity index (χ0n) is 51.2. The van der Waals surface area contributed by atoms with E-state index in [4.69, 9.17) is 24.3 Å². The highest BCUT2D eigenvalue weighted by atomic mass is 31.2. The fourth-order valence-electron chi connectivity index (χ4n) is 8.20. The van der Waals surface area contributed by atoms with E-state index in [0.29, 0.717) is 6.42 Å². The molecule has 0 aliphatic carbocycles. The molecule has 3 N–H and O–H groups in total. The number of nitrogens with two attached hydrogens (primary N) is 1. The maximum atomic E-state index is 12.7. The molecular formula is C71H116NO8P. The number of esters is 2. The molecule has 0 aliphatic heterocycles. The van der Waals surface area contributed by atoms with Gasteiger partial charge in [0.15, 0.2) is 6.10 Å². The molecule has 2 unspecified atom stereocenters. The fourth-order valence-corrected chi connectivity index (χ4v) is 8.96. The van der Waals surface area contributed by atoms with Gasteiger partial charge in [-0.3, -0.25) is 18.6 Å². The molecule has 0 radical (unpaired) electrons. The molecule has 0 spiro atoms. The van der Waals surface area contributed by atoms with E-state index in [-0.39, 0.29) is 32.6 Å². The van der Waals surface area contributed by atoms with Crippen LogP contribution >= 0.6 is 7.82 Å². The number of hydrogen-bond donors (Lipinski definition) is 2. The van der Waals surface area contributed by atoms with Crippen LogP contribution in [0.2, 0.25) is 0 Å². The van der Waals surface area contributed by atoms with Gasteiger partial charge in [0.05, 0.1) is 13.2 Å². The summed E-state index contributed by atoms with van der Waals surface area (Å²) >= 11 is 0. The lowest BCUT2D eigenvalue weighted by Crippen LogP contribution is -2.29. The predicted octanol–water partition coefficient (Wildman–Crippen LogP) is 20.8. The number of unbranched alkanes of at least 4 members (excludes halogenated alkanes) is 19. The molecule has 0 fully saturated rings. The number of phosphoric ester groups is 1. The van der Waals surface area contributed by atoms with E-state index in [1.165, 1.54) is 96.3 Å². The minimum atomic E-state index is -4.42. The van der Waals surface area contributed by atoms with E-state index in [1.807, 2.05) is 0 Å². The lowest BCUT2D eigenvalue weighted by molar-refractivity contribution is -0.161. The monoisotopic (exact) mass is 1140 g/mol. The van der Waals surface area contributed by atoms with Gasteiger partial charge in [0.25, 0.3) is 0 Å². The van der Waals surface area contributed by atoms with Crippen molar-refractivity contribution < 1.29 is 37.6 Å². The van der Waals surface area contributed by atoms with Crippen molar-refractivity contribution in [2.45, 2.75) is 251 Å². The van der Waals surface area contributed by atoms with Gasteiger partial charge in [-0.1, -0.05) is 262 Å². The Morgan fingerprint density at radius 2 is 0.679 bits per heavy atom. The SMILES string of the molecule is CC/C=C\C/C=C\C/C=C\C/C=C\C/C=C\C/C=C\C/C=C\C/C=C\C/C=C\C/C=C\CCCCC(=O)OC(COC(=O)CCCCCCCCCCCCCC/C=C\C/C=C\C/C=C\CCCCCCC)COP(=O)(O)OCCN. The quantitative estimate of drug-likeness (QED) is 0.0264. The van der Waals surface area contributed by atoms with Crippen LogP contribution < -0.4 is 5.73 Å². The Bertz CT molecular complexity index is 1880. The topological polar surface area (TPSA) is 134 Å². The number of ether oxygens (including phenoxy) is 2. The molecule has 0 aliphatic rings. The summed E-state index contributed by atoms with van der Waals surface area (Å²) in [4.78, 5) is 35.3. The summed E-state index contributed by atoms with van der Waals surface area (Å²) in [6.07, 6.45) is 94.5. The van der Waals surface area contributed by atoms with E-state index in [1.54, 1.807) is 0 Å². The summed E-state index contributed by atoms with van der Waals surface area (Å²) in [5.74, 6) is -0.890. The van der Waals surface area contributed by atoms with Gasteiger partial charge >= 0.3 is 19.8 Å². The minimum Gasteiger partial charge on any atom is -0.462 e. The van der Waals surface area contributed by atoms with Gasteiger partial charge in [-0.25, -0.2) is 4.57 Å². The van der Waals surface area contributed by atoms with Crippen LogP contribution in [-0.2, 0) is 32.7 Å². The van der Waals surface area contributed by atoms with E-state index in [0.717, 1.165) is 116 Å². The molecular weight excluding hydrogens is 1030 g/mol. The molecule has 2 atom stereocenters. The maximum absolute atomic E-state index is 12.7. The second-order valence-corrected chi connectivity index (χ2v) is 22.0. The standard InChI is InChI=1S/C71H116NO8P/c1-3-5-7-9-11-13-15-17-19-21-23-25-27-29-31-32-33-34-35-36-38-40-42-44-46-48-50-52-54-56-58-60-62-64-71(74)80-69(68-79-81(75,76)78-66-65-72)67-77-70(73)63-61-59-57-55-53-51-49-47-45-43-41-39-37-30-28-26-24-22-20-18-16-14-12-10-8-6-4-2/h5,7,11,13,16-19,22-25,28-31,33-34,36,38,42,44,48,50,54,56,69H,3-4,6,8-10,12,14-15,20-21,26-27,32,35,37,39-41,43,45-47,49,51-53,55,57-68,72H2,1-2H3,(H,75,76)/b7-5-,13-11-,18-16-,19-17-,24-22-,25-23-,30-28-,31-29-,34-33-,38-36-,44-42-,50-48-,56-54-. The second kappa shape index (κ2) is 64.8. The number of allylic oxidation sites excluding steroid dienone is 26. The van der Waals surface area contributed by atoms with Gasteiger partial charge < -0.3 is 20.1 Å². The van der Waals surface area contributed by atoms with Crippen LogP contribution in [0.3, 0.4) is 0 Å². The van der Waals surface area contributed by atoms with E-state index < -0.39 is 32.5 Å². The van der Waals surface area contributed by atoms with Gasteiger partial charge in [0, 0.05) is 19.4 Å². The molecule has 0 amide bonds. The van der Waals surface area contributed by atoms with Crippen molar-refractivity contribution in [3.8, 4) is 0 Å². The lowest BCUT2D eigenvalue weighted by atomic mass is 10.0. The first-order valence-electron chi connectivity index (χ1n) is 32.0. The van der Waals surface area contributed by atoms with Crippen molar-refractivity contribution in [2.75, 3.05) is 26.4 Å². The summed E-state index contributed by atoms with van der Waals surface area (Å²) < 4.78 is 33.0. The average molecular weight is 1140 g/mol. The van der Waals surface area contributed by atoms with Crippen LogP contribution in [0.1, 0.15) is 245 Å². The highest BCUT2D eigenvalue weighted by Gasteiger charge is 2.26. The zero-order valence-corrected chi connectivity index (χ0v) is 52.1. The Morgan fingerprint density at radius 1 is 0.383 bits per heavy atom. The van der Waals surface area contributed by atoms with Crippen LogP contribution in [0.5, 0.6) is 0 Å². The first-order valence-corrected chi connectivity index (χ1v) is 33.5. The summed E-state index contributed by atoms with van der Waals surface area (Å²) in [6.45, 7) is 3.56. The molecule has 0 saturated heterocycles. The number of phosphoric acid groups is 1. The van der Waals surface area contributed by atoms with Crippen molar-refractivity contribution in [3.63, 3.8) is 0 Å². The van der Waals surface area contributed by atoms with E-state index in [9.17, 15) is 19.0 Å². The second-order valence-electron chi connectivity index (χ2n) is 20.5. The lowest BCUT2D eigenvalue weighted by Gasteiger charge is -2.19. The van der Waals surface area contributed by atoms with Gasteiger partial charge in [0.1, 0.15) is 6.61 Å². The van der Waals surface area contributed by atoms with Crippen molar-refractivity contribution in [2.24, 2.45) is 5.73 Å². The largest absolute Gasteiger partial charge is 0.472 e. The summed E-state index contributed by atoms with van der Waals surface area (Å²) in [7, 11) is -4.42. The van der Waals surface area contributed by atoms with Crippen LogP contribution in [0.25, 0.3) is 0 Å². The Hall–Kier alpha value is -4.37. The smallest absolute Gasteiger partial charge is 0.462 e. The van der Waals surface area contributed by atoms with Crippen LogP contribution in [0, 0.1) is 0 Å². The van der Waals surface area contributed by atoms with Gasteiger partial charge in [-0.05, 0) is 128 Å². The molecule has 0 rings (SSSR count). The van der Waals surface area contributed by atoms with Crippen molar-refractivity contribution in [1.29, 1.82) is 0 Å². The maximum Gasteiger partial charge on any atom is 0.472 e. The molecule has 0 aromatic rings. The van der Waals surface area contributed by atoms with E-state index >= 15 is 0 Å². The third-order valence-electron chi connectivity index (χ3n) is 12.9. The summed E-state index contributed by atoms with van der Waals surface area (Å²) in [5, 5.41) is 0. The molecule has 458 valence electrons. The predicted molar refractivity (Wildman–Crippen MR) is 348 cm³/mol. The normalized spacial score (nSPS) is 14.1. The van der Waals surface area contributed by atoms with Crippen LogP contribution in [0.15, 0.2) is 158 Å². The van der Waals surface area contributed by atoms with Crippen LogP contribution in [0.4, 0.5) is 0 Å². The third kappa shape index (κ3) is 64.7. The number of hydrogen-bond acceptors (Lipinski definition) is 8. The number of carbonyl (C=O) groups excluding carboxylic acids is 2. The van der Waals surface area contributed by atoms with E-state index in [2.05, 4.69) is 172 Å². The zero-order chi connectivity index (χ0) is 58.7. The molecule has 0 aromatic carbocycles. The van der Waals surface area contributed by atoms with Gasteiger partial charge in [0.2, 0.25) is 0 Å². The summed E-state index contributed by atoms with van der Waals surface area (Å²) in [5.41, 5.74) is 5.39. The molecule has 10 heteroatoms. The number of rotatable bonds is 58. The minimum absolute atomic E-state index is 0.0373. The Kier molecular flexibility index (Phi) is 61.3. The highest BCUT2D eigenvalue weighted by Crippen LogP contribution is 2.43. The fraction of sp³-hybridized carbons (Fsp3) is 0.606. The molecule has 81 heavy (non-hydrogen) atoms. The van der Waals surface area contributed by atoms with Crippen molar-refractivity contribution in [1.82, 2.24) is 0 Å². The average Bonchev–Trinajstić information content (AvgIpc) is 3.46. The highest BCUT2D eigenvalue weighted by molar-refractivity contribution is 7.47. The Balaban J connectivity index is 4.09. The Labute approximate surface area is 496 Å². The van der Waals surface area contributed by atoms with Crippen LogP contribution in [-0.4, -0.2) is 49.3 Å². The third-order valence-corrected chi connectivity index (χ3v) is 13.9. The molecule has 0 heterocycles. The van der Waals surface area contributed by atoms with Crippen molar-refractivity contribution >= 4 is 19.8 Å². The Morgan fingerprint density at radius 3 is 1.04 bits per heavy atom. The van der Waals surface area contributed by atoms with Gasteiger partial charge in [-0.15, -0.1) is 0 Å². The first-order chi connectivity index (χ1) is 39.8. The number of carbonyl (C=O) groups is 2. The molecule has 0 saturated carbocycles. The van der Waals surface area contributed by atoms with Gasteiger partial charge in [-0.2, -0.15) is 0 Å². The molecule has 0 aromatic heterocycles. The van der Waals surface area contributed by atoms with Crippen molar-refractivity contribution in [3.05, 3.63) is 158 Å². The summed E-state index contributed by atoms with van der Waals surface area (Å²) in [6, 6.07) is 0. The molecule has 0 bridgehead atoms.